The molecule has 3 rings (SSSR count). The van der Waals surface area contributed by atoms with E-state index in [0.29, 0.717) is 11.4 Å². The number of fused-ring (bicyclic) bond motifs is 1. The zero-order valence-corrected chi connectivity index (χ0v) is 11.8. The van der Waals surface area contributed by atoms with Crippen LogP contribution in [-0.4, -0.2) is 30.4 Å². The van der Waals surface area contributed by atoms with Gasteiger partial charge < -0.3 is 0 Å². The first kappa shape index (κ1) is 12.2. The van der Waals surface area contributed by atoms with Crippen LogP contribution in [0.4, 0.5) is 17.1 Å². The van der Waals surface area contributed by atoms with Gasteiger partial charge in [-0.05, 0) is 0 Å². The standard InChI is InChI=1S/C11H6ClN5OSe/c12-9-5-13-4-8(14-9)11(18)15-6-2-1-3-7-10(6)17-19-16-7/h1-5H,(H,15,18). The molecule has 1 aromatic carbocycles. The number of carbonyl (C=O) groups is 1. The van der Waals surface area contributed by atoms with Gasteiger partial charge in [0, 0.05) is 0 Å². The summed E-state index contributed by atoms with van der Waals surface area (Å²) in [5, 5.41) is 2.92. The van der Waals surface area contributed by atoms with Crippen LogP contribution in [0.15, 0.2) is 38.5 Å². The number of nitrogens with one attached hydrogen (secondary N) is 1. The first-order valence-corrected chi connectivity index (χ1v) is 7.15. The molecular formula is C11H6ClN5OSe. The number of hydrogen-bond donors (Lipinski definition) is 1. The molecule has 0 bridgehead atoms. The first-order valence-electron chi connectivity index (χ1n) is 5.24. The number of carbonyl (C=O) groups excluding carboxylic acids is 1. The normalized spacial score (nSPS) is 11.8. The fourth-order valence-corrected chi connectivity index (χ4v) is 2.85. The van der Waals surface area contributed by atoms with E-state index in [1.807, 2.05) is 12.1 Å². The molecule has 0 aliphatic carbocycles. The predicted molar refractivity (Wildman–Crippen MR) is 71.4 cm³/mol. The van der Waals surface area contributed by atoms with Gasteiger partial charge in [0.25, 0.3) is 0 Å². The van der Waals surface area contributed by atoms with Crippen LogP contribution in [0.5, 0.6) is 0 Å². The van der Waals surface area contributed by atoms with Crippen molar-refractivity contribution in [3.63, 3.8) is 0 Å². The number of aromatic nitrogens is 2. The molecule has 94 valence electrons. The maximum absolute atomic E-state index is 12.0. The second-order valence-corrected chi connectivity index (χ2v) is 5.11. The Bertz CT molecular complexity index is 742. The van der Waals surface area contributed by atoms with Crippen LogP contribution in [0.25, 0.3) is 0 Å². The average molecular weight is 339 g/mol. The van der Waals surface area contributed by atoms with Gasteiger partial charge in [-0.3, -0.25) is 0 Å². The molecular weight excluding hydrogens is 333 g/mol. The van der Waals surface area contributed by atoms with Crippen LogP contribution in [0, 0.1) is 0 Å². The van der Waals surface area contributed by atoms with Crippen LogP contribution < -0.4 is 5.32 Å². The molecule has 0 saturated carbocycles. The van der Waals surface area contributed by atoms with Gasteiger partial charge in [0.1, 0.15) is 0 Å². The van der Waals surface area contributed by atoms with Crippen LogP contribution in [-0.2, 0) is 0 Å². The van der Waals surface area contributed by atoms with Crippen molar-refractivity contribution in [2.75, 3.05) is 5.32 Å². The molecule has 2 heterocycles. The van der Waals surface area contributed by atoms with Crippen LogP contribution in [0.2, 0.25) is 5.15 Å². The Kier molecular flexibility index (Phi) is 3.25. The summed E-state index contributed by atoms with van der Waals surface area (Å²) in [5.74, 6) is -0.377. The van der Waals surface area contributed by atoms with E-state index in [1.165, 1.54) is 12.4 Å². The molecule has 1 aromatic heterocycles. The van der Waals surface area contributed by atoms with Gasteiger partial charge in [-0.2, -0.15) is 0 Å². The van der Waals surface area contributed by atoms with Crippen molar-refractivity contribution >= 4 is 49.1 Å². The van der Waals surface area contributed by atoms with Crippen molar-refractivity contribution in [3.05, 3.63) is 41.4 Å². The minimum absolute atomic E-state index is 0.140. The Morgan fingerprint density at radius 1 is 1.26 bits per heavy atom. The predicted octanol–water partition coefficient (Wildman–Crippen LogP) is 2.73. The topological polar surface area (TPSA) is 79.6 Å². The Morgan fingerprint density at radius 2 is 2.16 bits per heavy atom. The van der Waals surface area contributed by atoms with Gasteiger partial charge in [-0.1, -0.05) is 0 Å². The molecule has 1 amide bonds. The molecule has 0 radical (unpaired) electrons. The number of amides is 1. The monoisotopic (exact) mass is 339 g/mol. The summed E-state index contributed by atoms with van der Waals surface area (Å²) >= 11 is 5.56. The fourth-order valence-electron chi connectivity index (χ4n) is 1.54. The SMILES string of the molecule is O=C(Nc1cccc2c1N=[Se]=N2)c1cncc(Cl)n1. The molecule has 2 aromatic rings. The summed E-state index contributed by atoms with van der Waals surface area (Å²) in [4.78, 5) is 19.8. The zero-order valence-electron chi connectivity index (χ0n) is 9.37. The Balaban J connectivity index is 1.89. The summed E-state index contributed by atoms with van der Waals surface area (Å²) < 4.78 is 8.53. The minimum atomic E-state index is -0.377. The maximum atomic E-state index is 12.0. The third-order valence-electron chi connectivity index (χ3n) is 2.37. The number of nitrogens with zero attached hydrogens (tertiary/aromatic N) is 4. The molecule has 8 heteroatoms. The Labute approximate surface area is 119 Å². The van der Waals surface area contributed by atoms with E-state index in [1.54, 1.807) is 6.07 Å². The van der Waals surface area contributed by atoms with Crippen LogP contribution in [0.3, 0.4) is 0 Å². The number of hydrogen-bond acceptors (Lipinski definition) is 5. The summed E-state index contributed by atoms with van der Waals surface area (Å²) in [6.07, 6.45) is 2.73. The molecule has 0 fully saturated rings. The number of halogens is 1. The molecule has 1 aliphatic rings. The van der Waals surface area contributed by atoms with Gasteiger partial charge in [0.15, 0.2) is 0 Å². The quantitative estimate of drug-likeness (QED) is 0.730. The van der Waals surface area contributed by atoms with Gasteiger partial charge in [-0.15, -0.1) is 0 Å². The van der Waals surface area contributed by atoms with E-state index >= 15 is 0 Å². The molecule has 0 unspecified atom stereocenters. The van der Waals surface area contributed by atoms with E-state index in [9.17, 15) is 4.79 Å². The fraction of sp³-hybridized carbons (Fsp3) is 0. The number of anilines is 1. The van der Waals surface area contributed by atoms with E-state index in [2.05, 4.69) is 23.2 Å². The van der Waals surface area contributed by atoms with Crippen molar-refractivity contribution in [1.82, 2.24) is 9.97 Å². The molecule has 0 saturated heterocycles. The summed E-state index contributed by atoms with van der Waals surface area (Å²) in [6.45, 7) is 0. The molecule has 0 spiro atoms. The summed E-state index contributed by atoms with van der Waals surface area (Å²) in [7, 11) is 0. The average Bonchev–Trinajstić information content (AvgIpc) is 2.88. The van der Waals surface area contributed by atoms with Crippen LogP contribution >= 0.6 is 11.6 Å². The number of benzene rings is 1. The van der Waals surface area contributed by atoms with Crippen molar-refractivity contribution < 1.29 is 4.79 Å². The molecule has 19 heavy (non-hydrogen) atoms. The second-order valence-electron chi connectivity index (χ2n) is 3.62. The van der Waals surface area contributed by atoms with E-state index in [4.69, 9.17) is 11.6 Å². The van der Waals surface area contributed by atoms with E-state index in [-0.39, 0.29) is 31.3 Å². The summed E-state index contributed by atoms with van der Waals surface area (Å²) in [6, 6.07) is 5.45. The van der Waals surface area contributed by atoms with Gasteiger partial charge in [0.2, 0.25) is 0 Å². The van der Waals surface area contributed by atoms with Crippen molar-refractivity contribution in [2.24, 2.45) is 7.92 Å². The van der Waals surface area contributed by atoms with Crippen LogP contribution in [0.1, 0.15) is 10.5 Å². The first-order chi connectivity index (χ1) is 9.24. The van der Waals surface area contributed by atoms with Gasteiger partial charge in [-0.25, -0.2) is 0 Å². The third kappa shape index (κ3) is 2.49. The molecule has 6 nitrogen and oxygen atoms in total. The van der Waals surface area contributed by atoms with Crippen molar-refractivity contribution in [2.45, 2.75) is 0 Å². The van der Waals surface area contributed by atoms with Gasteiger partial charge >= 0.3 is 119 Å². The third-order valence-corrected chi connectivity index (χ3v) is 3.69. The van der Waals surface area contributed by atoms with E-state index in [0.717, 1.165) is 5.69 Å². The molecule has 1 N–H and O–H groups in total. The Hall–Kier alpha value is -1.82. The Morgan fingerprint density at radius 3 is 3.00 bits per heavy atom. The van der Waals surface area contributed by atoms with Crippen molar-refractivity contribution in [1.29, 1.82) is 0 Å². The second kappa shape index (κ2) is 5.05. The summed E-state index contributed by atoms with van der Waals surface area (Å²) in [5.41, 5.74) is 2.29. The molecule has 0 atom stereocenters. The van der Waals surface area contributed by atoms with Gasteiger partial charge in [0.05, 0.1) is 0 Å². The van der Waals surface area contributed by atoms with Crippen molar-refractivity contribution in [3.8, 4) is 0 Å². The van der Waals surface area contributed by atoms with E-state index < -0.39 is 0 Å². The number of rotatable bonds is 2. The molecule has 1 aliphatic heterocycles. The zero-order chi connectivity index (χ0) is 13.2.